The zero-order valence-corrected chi connectivity index (χ0v) is 20.9. The van der Waals surface area contributed by atoms with Crippen LogP contribution in [0.1, 0.15) is 50.7 Å². The molecule has 0 heterocycles. The van der Waals surface area contributed by atoms with E-state index >= 15 is 4.39 Å². The van der Waals surface area contributed by atoms with E-state index in [-0.39, 0.29) is 25.3 Å². The summed E-state index contributed by atoms with van der Waals surface area (Å²) in [5.74, 6) is -2.79. The Morgan fingerprint density at radius 1 is 1.11 bits per heavy atom. The van der Waals surface area contributed by atoms with Crippen LogP contribution in [0.3, 0.4) is 0 Å². The van der Waals surface area contributed by atoms with Gasteiger partial charge in [0.05, 0.1) is 5.60 Å². The molecule has 2 aromatic rings. The van der Waals surface area contributed by atoms with Crippen molar-refractivity contribution in [2.45, 2.75) is 57.7 Å². The third-order valence-electron chi connectivity index (χ3n) is 6.44. The molecule has 0 saturated carbocycles. The second-order valence-electron chi connectivity index (χ2n) is 9.34. The average molecular weight is 497 g/mol. The van der Waals surface area contributed by atoms with E-state index in [1.807, 2.05) is 56.4 Å². The number of halogens is 4. The molecule has 2 rings (SSSR count). The fourth-order valence-electron chi connectivity index (χ4n) is 4.38. The number of amides is 1. The van der Waals surface area contributed by atoms with Gasteiger partial charge in [-0.1, -0.05) is 50.2 Å². The lowest BCUT2D eigenvalue weighted by Gasteiger charge is -2.37. The average Bonchev–Trinajstić information content (AvgIpc) is 2.80. The van der Waals surface area contributed by atoms with Crippen molar-refractivity contribution in [1.82, 2.24) is 10.2 Å². The zero-order chi connectivity index (χ0) is 26.2. The molecule has 0 aliphatic carbocycles. The molecule has 2 aromatic carbocycles. The number of hydrogen-bond donors (Lipinski definition) is 2. The molecule has 0 spiro atoms. The molecule has 0 fully saturated rings. The van der Waals surface area contributed by atoms with Crippen LogP contribution in [-0.4, -0.2) is 49.3 Å². The molecule has 0 bridgehead atoms. The van der Waals surface area contributed by atoms with Gasteiger partial charge in [-0.25, -0.2) is 4.39 Å². The predicted octanol–water partition coefficient (Wildman–Crippen LogP) is 5.68. The van der Waals surface area contributed by atoms with E-state index in [0.29, 0.717) is 23.1 Å². The first-order chi connectivity index (χ1) is 16.4. The van der Waals surface area contributed by atoms with E-state index in [1.54, 1.807) is 18.2 Å². The summed E-state index contributed by atoms with van der Waals surface area (Å²) in [7, 11) is 3.90. The van der Waals surface area contributed by atoms with Crippen LogP contribution in [0.25, 0.3) is 11.1 Å². The van der Waals surface area contributed by atoms with Crippen LogP contribution in [0.5, 0.6) is 0 Å². The van der Waals surface area contributed by atoms with Crippen LogP contribution < -0.4 is 5.32 Å². The van der Waals surface area contributed by atoms with Gasteiger partial charge in [0.2, 0.25) is 0 Å². The van der Waals surface area contributed by atoms with Crippen molar-refractivity contribution in [3.05, 3.63) is 59.4 Å². The number of aliphatic hydroxyl groups is 1. The Balaban J connectivity index is 2.42. The summed E-state index contributed by atoms with van der Waals surface area (Å²) in [6.45, 7) is 4.43. The highest BCUT2D eigenvalue weighted by Gasteiger charge is 2.40. The molecule has 8 heteroatoms. The lowest BCUT2D eigenvalue weighted by molar-refractivity contribution is -0.173. The Labute approximate surface area is 205 Å². The summed E-state index contributed by atoms with van der Waals surface area (Å²) in [6, 6.07) is 12.1. The van der Waals surface area contributed by atoms with Gasteiger partial charge in [-0.3, -0.25) is 4.79 Å². The van der Waals surface area contributed by atoms with E-state index < -0.39 is 23.5 Å². The third-order valence-corrected chi connectivity index (χ3v) is 6.44. The molecule has 0 aromatic heterocycles. The van der Waals surface area contributed by atoms with Crippen LogP contribution in [-0.2, 0) is 16.8 Å². The van der Waals surface area contributed by atoms with Gasteiger partial charge in [0.25, 0.3) is 0 Å². The second-order valence-corrected chi connectivity index (χ2v) is 9.34. The molecule has 1 amide bonds. The Morgan fingerprint density at radius 2 is 1.80 bits per heavy atom. The molecule has 2 N–H and O–H groups in total. The Morgan fingerprint density at radius 3 is 2.43 bits per heavy atom. The SMILES string of the molecule is CCc1cccc(-c2c(F)cccc2C(O)(CCCNC(=O)C(F)(F)F)C(C)CCCN(C)C)c1. The van der Waals surface area contributed by atoms with Gasteiger partial charge in [-0.2, -0.15) is 13.2 Å². The number of nitrogens with one attached hydrogen (secondary N) is 1. The fraction of sp³-hybridized carbons (Fsp3) is 0.519. The monoisotopic (exact) mass is 496 g/mol. The Hall–Kier alpha value is -2.45. The molecule has 35 heavy (non-hydrogen) atoms. The van der Waals surface area contributed by atoms with E-state index in [1.165, 1.54) is 6.07 Å². The fourth-order valence-corrected chi connectivity index (χ4v) is 4.38. The summed E-state index contributed by atoms with van der Waals surface area (Å²) in [6.07, 6.45) is -2.61. The summed E-state index contributed by atoms with van der Waals surface area (Å²) < 4.78 is 52.9. The van der Waals surface area contributed by atoms with Crippen molar-refractivity contribution in [1.29, 1.82) is 0 Å². The minimum absolute atomic E-state index is 0.0676. The van der Waals surface area contributed by atoms with Crippen LogP contribution in [0.2, 0.25) is 0 Å². The van der Waals surface area contributed by atoms with Gasteiger partial charge in [0.15, 0.2) is 0 Å². The van der Waals surface area contributed by atoms with Gasteiger partial charge in [0.1, 0.15) is 5.82 Å². The van der Waals surface area contributed by atoms with Gasteiger partial charge in [-0.15, -0.1) is 0 Å². The van der Waals surface area contributed by atoms with Gasteiger partial charge in [0, 0.05) is 12.1 Å². The first-order valence-corrected chi connectivity index (χ1v) is 12.0. The van der Waals surface area contributed by atoms with E-state index in [2.05, 4.69) is 0 Å². The van der Waals surface area contributed by atoms with E-state index in [9.17, 15) is 23.1 Å². The maximum Gasteiger partial charge on any atom is 0.471 e. The van der Waals surface area contributed by atoms with Crippen molar-refractivity contribution < 1.29 is 27.5 Å². The van der Waals surface area contributed by atoms with Crippen molar-refractivity contribution in [2.75, 3.05) is 27.2 Å². The Kier molecular flexibility index (Phi) is 10.3. The number of carbonyl (C=O) groups excluding carboxylic acids is 1. The van der Waals surface area contributed by atoms with Crippen molar-refractivity contribution in [3.8, 4) is 11.1 Å². The molecule has 0 saturated heterocycles. The molecule has 194 valence electrons. The highest BCUT2D eigenvalue weighted by molar-refractivity contribution is 5.81. The van der Waals surface area contributed by atoms with E-state index in [0.717, 1.165) is 24.9 Å². The quantitative estimate of drug-likeness (QED) is 0.294. The summed E-state index contributed by atoms with van der Waals surface area (Å²) >= 11 is 0. The number of benzene rings is 2. The molecule has 0 aliphatic heterocycles. The summed E-state index contributed by atoms with van der Waals surface area (Å²) in [5, 5.41) is 13.9. The lowest BCUT2D eigenvalue weighted by Crippen LogP contribution is -2.39. The first-order valence-electron chi connectivity index (χ1n) is 12.0. The number of aryl methyl sites for hydroxylation is 1. The first kappa shape index (κ1) is 28.8. The van der Waals surface area contributed by atoms with Crippen LogP contribution >= 0.6 is 0 Å². The van der Waals surface area contributed by atoms with Gasteiger partial charge in [-0.05, 0) is 81.4 Å². The van der Waals surface area contributed by atoms with Crippen LogP contribution in [0.15, 0.2) is 42.5 Å². The van der Waals surface area contributed by atoms with E-state index in [4.69, 9.17) is 0 Å². The molecule has 2 unspecified atom stereocenters. The minimum atomic E-state index is -4.96. The summed E-state index contributed by atoms with van der Waals surface area (Å²) in [4.78, 5) is 13.2. The maximum atomic E-state index is 15.2. The van der Waals surface area contributed by atoms with Gasteiger partial charge >= 0.3 is 12.1 Å². The number of carbonyl (C=O) groups is 1. The number of hydrogen-bond acceptors (Lipinski definition) is 3. The van der Waals surface area contributed by atoms with Crippen LogP contribution in [0, 0.1) is 11.7 Å². The molecular weight excluding hydrogens is 460 g/mol. The number of rotatable bonds is 12. The van der Waals surface area contributed by atoms with Crippen LogP contribution in [0.4, 0.5) is 17.6 Å². The van der Waals surface area contributed by atoms with Crippen molar-refractivity contribution in [2.24, 2.45) is 5.92 Å². The molecular formula is C27H36F4N2O2. The Bertz CT molecular complexity index is 978. The molecule has 4 nitrogen and oxygen atoms in total. The maximum absolute atomic E-state index is 15.2. The molecule has 0 radical (unpaired) electrons. The standard InChI is InChI=1S/C27H36F4N2O2/c1-5-20-11-6-12-21(18-20)24-22(13-7-14-23(24)28)26(35,19(2)10-8-17-33(3)4)15-9-16-32-25(34)27(29,30)31/h6-7,11-14,18-19,35H,5,8-10,15-17H2,1-4H3,(H,32,34). The normalized spacial score (nSPS) is 14.6. The lowest BCUT2D eigenvalue weighted by atomic mass is 9.74. The number of alkyl halides is 3. The zero-order valence-electron chi connectivity index (χ0n) is 20.9. The molecule has 2 atom stereocenters. The predicted molar refractivity (Wildman–Crippen MR) is 130 cm³/mol. The highest BCUT2D eigenvalue weighted by atomic mass is 19.4. The summed E-state index contributed by atoms with van der Waals surface area (Å²) in [5.41, 5.74) is 0.861. The molecule has 0 aliphatic rings. The van der Waals surface area contributed by atoms with Crippen molar-refractivity contribution in [3.63, 3.8) is 0 Å². The number of nitrogens with zero attached hydrogens (tertiary/aromatic N) is 1. The smallest absolute Gasteiger partial charge is 0.385 e. The largest absolute Gasteiger partial charge is 0.471 e. The van der Waals surface area contributed by atoms with Crippen molar-refractivity contribution >= 4 is 5.91 Å². The second kappa shape index (κ2) is 12.5. The minimum Gasteiger partial charge on any atom is -0.385 e. The highest BCUT2D eigenvalue weighted by Crippen LogP contribution is 2.43. The third kappa shape index (κ3) is 7.77. The topological polar surface area (TPSA) is 52.6 Å². The van der Waals surface area contributed by atoms with Gasteiger partial charge < -0.3 is 15.3 Å².